The first-order valence-corrected chi connectivity index (χ1v) is 6.57. The van der Waals surface area contributed by atoms with Crippen molar-refractivity contribution in [1.82, 2.24) is 10.2 Å². The standard InChI is InChI=1S/C15H17N3/c1-2-6-12(7-3-1)14-10-11-15(18-17-14)16-13-8-4-5-9-13/h1-3,6-7,10-11,13H,4-5,8-9H2,(H,16,18). The molecular weight excluding hydrogens is 222 g/mol. The highest BCUT2D eigenvalue weighted by Crippen LogP contribution is 2.22. The summed E-state index contributed by atoms with van der Waals surface area (Å²) in [5.41, 5.74) is 2.03. The molecule has 0 amide bonds. The van der Waals surface area contributed by atoms with E-state index in [0.717, 1.165) is 17.1 Å². The van der Waals surface area contributed by atoms with Gasteiger partial charge in [-0.2, -0.15) is 0 Å². The molecule has 2 aromatic rings. The Hall–Kier alpha value is -1.90. The van der Waals surface area contributed by atoms with Crippen molar-refractivity contribution in [3.8, 4) is 11.3 Å². The average molecular weight is 239 g/mol. The van der Waals surface area contributed by atoms with Gasteiger partial charge in [0.25, 0.3) is 0 Å². The third kappa shape index (κ3) is 2.50. The van der Waals surface area contributed by atoms with Crippen molar-refractivity contribution in [2.75, 3.05) is 5.32 Å². The van der Waals surface area contributed by atoms with Crippen LogP contribution in [0.2, 0.25) is 0 Å². The van der Waals surface area contributed by atoms with E-state index in [-0.39, 0.29) is 0 Å². The maximum atomic E-state index is 4.28. The predicted molar refractivity (Wildman–Crippen MR) is 73.3 cm³/mol. The molecule has 0 aliphatic heterocycles. The van der Waals surface area contributed by atoms with Crippen molar-refractivity contribution in [3.05, 3.63) is 42.5 Å². The van der Waals surface area contributed by atoms with Crippen LogP contribution in [0.5, 0.6) is 0 Å². The highest BCUT2D eigenvalue weighted by atomic mass is 15.2. The molecule has 1 saturated carbocycles. The van der Waals surface area contributed by atoms with Crippen LogP contribution in [0.4, 0.5) is 5.82 Å². The number of nitrogens with one attached hydrogen (secondary N) is 1. The lowest BCUT2D eigenvalue weighted by molar-refractivity contribution is 0.746. The van der Waals surface area contributed by atoms with Crippen LogP contribution >= 0.6 is 0 Å². The van der Waals surface area contributed by atoms with Gasteiger partial charge in [-0.05, 0) is 25.0 Å². The van der Waals surface area contributed by atoms with E-state index in [0.29, 0.717) is 6.04 Å². The van der Waals surface area contributed by atoms with Crippen molar-refractivity contribution in [1.29, 1.82) is 0 Å². The number of hydrogen-bond donors (Lipinski definition) is 1. The zero-order valence-electron chi connectivity index (χ0n) is 10.3. The van der Waals surface area contributed by atoms with Crippen molar-refractivity contribution in [2.24, 2.45) is 0 Å². The van der Waals surface area contributed by atoms with Crippen molar-refractivity contribution >= 4 is 5.82 Å². The average Bonchev–Trinajstić information content (AvgIpc) is 2.94. The van der Waals surface area contributed by atoms with Crippen LogP contribution in [0.1, 0.15) is 25.7 Å². The minimum Gasteiger partial charge on any atom is -0.366 e. The number of anilines is 1. The van der Waals surface area contributed by atoms with Crippen LogP contribution in [0.15, 0.2) is 42.5 Å². The summed E-state index contributed by atoms with van der Waals surface area (Å²) in [6.45, 7) is 0. The molecule has 3 nitrogen and oxygen atoms in total. The number of aromatic nitrogens is 2. The SMILES string of the molecule is c1ccc(-c2ccc(NC3CCCC3)nn2)cc1. The molecule has 1 aliphatic rings. The van der Waals surface area contributed by atoms with Gasteiger partial charge in [0.2, 0.25) is 0 Å². The Labute approximate surface area is 107 Å². The van der Waals surface area contributed by atoms with Crippen LogP contribution in [0.25, 0.3) is 11.3 Å². The zero-order chi connectivity index (χ0) is 12.2. The summed E-state index contributed by atoms with van der Waals surface area (Å²) in [7, 11) is 0. The smallest absolute Gasteiger partial charge is 0.148 e. The molecule has 1 aliphatic carbocycles. The van der Waals surface area contributed by atoms with Gasteiger partial charge in [0, 0.05) is 11.6 Å². The van der Waals surface area contributed by atoms with E-state index < -0.39 is 0 Å². The number of hydrogen-bond acceptors (Lipinski definition) is 3. The lowest BCUT2D eigenvalue weighted by Gasteiger charge is -2.11. The minimum absolute atomic E-state index is 0.585. The Morgan fingerprint density at radius 3 is 2.33 bits per heavy atom. The largest absolute Gasteiger partial charge is 0.366 e. The van der Waals surface area contributed by atoms with Gasteiger partial charge in [-0.15, -0.1) is 10.2 Å². The van der Waals surface area contributed by atoms with Gasteiger partial charge in [-0.3, -0.25) is 0 Å². The lowest BCUT2D eigenvalue weighted by atomic mass is 10.1. The second kappa shape index (κ2) is 5.17. The fourth-order valence-electron chi connectivity index (χ4n) is 2.45. The van der Waals surface area contributed by atoms with Crippen LogP contribution in [0.3, 0.4) is 0 Å². The normalized spacial score (nSPS) is 15.8. The molecule has 18 heavy (non-hydrogen) atoms. The molecule has 0 radical (unpaired) electrons. The second-order valence-corrected chi connectivity index (χ2v) is 4.80. The molecule has 1 fully saturated rings. The van der Waals surface area contributed by atoms with Gasteiger partial charge in [0.05, 0.1) is 5.69 Å². The van der Waals surface area contributed by atoms with Crippen molar-refractivity contribution in [2.45, 2.75) is 31.7 Å². The van der Waals surface area contributed by atoms with Gasteiger partial charge in [-0.25, -0.2) is 0 Å². The summed E-state index contributed by atoms with van der Waals surface area (Å²) in [6.07, 6.45) is 5.16. The highest BCUT2D eigenvalue weighted by molar-refractivity contribution is 5.59. The number of nitrogens with zero attached hydrogens (tertiary/aromatic N) is 2. The number of benzene rings is 1. The van der Waals surface area contributed by atoms with Crippen LogP contribution in [-0.2, 0) is 0 Å². The Morgan fingerprint density at radius 2 is 1.67 bits per heavy atom. The molecule has 92 valence electrons. The summed E-state index contributed by atoms with van der Waals surface area (Å²) < 4.78 is 0. The van der Waals surface area contributed by atoms with E-state index >= 15 is 0 Å². The molecular formula is C15H17N3. The van der Waals surface area contributed by atoms with E-state index in [2.05, 4.69) is 15.5 Å². The van der Waals surface area contributed by atoms with E-state index in [1.807, 2.05) is 42.5 Å². The van der Waals surface area contributed by atoms with E-state index in [9.17, 15) is 0 Å². The summed E-state index contributed by atoms with van der Waals surface area (Å²) in [5, 5.41) is 12.0. The lowest BCUT2D eigenvalue weighted by Crippen LogP contribution is -2.15. The van der Waals surface area contributed by atoms with Gasteiger partial charge >= 0.3 is 0 Å². The van der Waals surface area contributed by atoms with Crippen molar-refractivity contribution in [3.63, 3.8) is 0 Å². The fourth-order valence-corrected chi connectivity index (χ4v) is 2.45. The summed E-state index contributed by atoms with van der Waals surface area (Å²) >= 11 is 0. The molecule has 0 bridgehead atoms. The van der Waals surface area contributed by atoms with Gasteiger partial charge in [0.1, 0.15) is 5.82 Å². The third-order valence-corrected chi connectivity index (χ3v) is 3.44. The summed E-state index contributed by atoms with van der Waals surface area (Å²) in [6, 6.07) is 14.8. The minimum atomic E-state index is 0.585. The van der Waals surface area contributed by atoms with Crippen molar-refractivity contribution < 1.29 is 0 Å². The maximum Gasteiger partial charge on any atom is 0.148 e. The Kier molecular flexibility index (Phi) is 3.22. The third-order valence-electron chi connectivity index (χ3n) is 3.44. The second-order valence-electron chi connectivity index (χ2n) is 4.80. The predicted octanol–water partition coefficient (Wildman–Crippen LogP) is 3.50. The molecule has 0 unspecified atom stereocenters. The topological polar surface area (TPSA) is 37.8 Å². The Morgan fingerprint density at radius 1 is 0.889 bits per heavy atom. The first-order chi connectivity index (χ1) is 8.92. The maximum absolute atomic E-state index is 4.28. The first kappa shape index (κ1) is 11.2. The molecule has 1 aromatic heterocycles. The van der Waals surface area contributed by atoms with E-state index in [1.54, 1.807) is 0 Å². The van der Waals surface area contributed by atoms with Gasteiger partial charge in [-0.1, -0.05) is 43.2 Å². The molecule has 0 spiro atoms. The van der Waals surface area contributed by atoms with Crippen LogP contribution in [-0.4, -0.2) is 16.2 Å². The molecule has 1 heterocycles. The van der Waals surface area contributed by atoms with Crippen LogP contribution < -0.4 is 5.32 Å². The molecule has 1 N–H and O–H groups in total. The quantitative estimate of drug-likeness (QED) is 0.890. The Balaban J connectivity index is 1.72. The molecule has 1 aromatic carbocycles. The highest BCUT2D eigenvalue weighted by Gasteiger charge is 2.14. The molecule has 0 saturated heterocycles. The monoisotopic (exact) mass is 239 g/mol. The van der Waals surface area contributed by atoms with E-state index in [4.69, 9.17) is 0 Å². The van der Waals surface area contributed by atoms with Gasteiger partial charge < -0.3 is 5.32 Å². The summed E-state index contributed by atoms with van der Waals surface area (Å²) in [5.74, 6) is 0.890. The van der Waals surface area contributed by atoms with Gasteiger partial charge in [0.15, 0.2) is 0 Å². The van der Waals surface area contributed by atoms with Crippen LogP contribution in [0, 0.1) is 0 Å². The fraction of sp³-hybridized carbons (Fsp3) is 0.333. The zero-order valence-corrected chi connectivity index (χ0v) is 10.3. The first-order valence-electron chi connectivity index (χ1n) is 6.57. The Bertz CT molecular complexity index is 487. The number of rotatable bonds is 3. The summed E-state index contributed by atoms with van der Waals surface area (Å²) in [4.78, 5) is 0. The van der Waals surface area contributed by atoms with E-state index in [1.165, 1.54) is 25.7 Å². The molecule has 0 atom stereocenters. The molecule has 3 rings (SSSR count). The molecule has 3 heteroatoms.